The Labute approximate surface area is 110 Å². The van der Waals surface area contributed by atoms with Gasteiger partial charge in [-0.3, -0.25) is 10.1 Å². The van der Waals surface area contributed by atoms with Crippen molar-refractivity contribution < 1.29 is 9.66 Å². The summed E-state index contributed by atoms with van der Waals surface area (Å²) in [7, 11) is 1.57. The molecule has 2 aromatic carbocycles. The van der Waals surface area contributed by atoms with E-state index in [2.05, 4.69) is 5.92 Å². The van der Waals surface area contributed by atoms with Crippen LogP contribution in [0.25, 0.3) is 11.1 Å². The van der Waals surface area contributed by atoms with Gasteiger partial charge in [0, 0.05) is 17.7 Å². The molecule has 4 heteroatoms. The van der Waals surface area contributed by atoms with Crippen LogP contribution in [0, 0.1) is 22.5 Å². The summed E-state index contributed by atoms with van der Waals surface area (Å²) in [6.07, 6.45) is 5.48. The third kappa shape index (κ3) is 2.55. The molecule has 0 heterocycles. The van der Waals surface area contributed by atoms with E-state index in [4.69, 9.17) is 11.2 Å². The Morgan fingerprint density at radius 2 is 1.89 bits per heavy atom. The summed E-state index contributed by atoms with van der Waals surface area (Å²) in [6.45, 7) is 0. The molecule has 0 unspecified atom stereocenters. The maximum atomic E-state index is 10.6. The molecule has 0 aliphatic heterocycles. The quantitative estimate of drug-likeness (QED) is 0.479. The zero-order valence-electron chi connectivity index (χ0n) is 10.3. The van der Waals surface area contributed by atoms with E-state index >= 15 is 0 Å². The normalized spacial score (nSPS) is 9.68. The molecule has 0 aliphatic rings. The molecule has 0 bridgehead atoms. The topological polar surface area (TPSA) is 52.4 Å². The Hall–Kier alpha value is -2.80. The molecule has 0 aromatic heterocycles. The number of nitrogens with zero attached hydrogens (tertiary/aromatic N) is 1. The van der Waals surface area contributed by atoms with Gasteiger partial charge in [0.15, 0.2) is 0 Å². The molecule has 0 fully saturated rings. The SMILES string of the molecule is C#Cc1cc(OC)ccc1-c1ccc([N+](=O)[O-])cc1. The molecule has 2 aromatic rings. The second-order valence-corrected chi connectivity index (χ2v) is 3.86. The van der Waals surface area contributed by atoms with Crippen molar-refractivity contribution in [3.05, 3.63) is 58.1 Å². The molecule has 2 rings (SSSR count). The molecule has 0 atom stereocenters. The van der Waals surface area contributed by atoms with Gasteiger partial charge in [0.2, 0.25) is 0 Å². The van der Waals surface area contributed by atoms with E-state index in [1.165, 1.54) is 12.1 Å². The van der Waals surface area contributed by atoms with Gasteiger partial charge < -0.3 is 4.74 Å². The van der Waals surface area contributed by atoms with Crippen molar-refractivity contribution >= 4 is 5.69 Å². The lowest BCUT2D eigenvalue weighted by Gasteiger charge is -2.07. The van der Waals surface area contributed by atoms with Gasteiger partial charge in [-0.15, -0.1) is 6.42 Å². The Morgan fingerprint density at radius 1 is 1.21 bits per heavy atom. The third-order valence-corrected chi connectivity index (χ3v) is 2.77. The number of rotatable bonds is 3. The van der Waals surface area contributed by atoms with Crippen LogP contribution in [0.15, 0.2) is 42.5 Å². The number of benzene rings is 2. The zero-order chi connectivity index (χ0) is 13.8. The van der Waals surface area contributed by atoms with Gasteiger partial charge in [-0.05, 0) is 41.5 Å². The second-order valence-electron chi connectivity index (χ2n) is 3.86. The molecular weight excluding hydrogens is 242 g/mol. The minimum Gasteiger partial charge on any atom is -0.497 e. The number of terminal acetylenes is 1. The Kier molecular flexibility index (Phi) is 3.48. The minimum atomic E-state index is -0.431. The Morgan fingerprint density at radius 3 is 2.42 bits per heavy atom. The first-order chi connectivity index (χ1) is 9.15. The van der Waals surface area contributed by atoms with E-state index < -0.39 is 4.92 Å². The highest BCUT2D eigenvalue weighted by Crippen LogP contribution is 2.28. The van der Waals surface area contributed by atoms with Crippen molar-refractivity contribution in [3.8, 4) is 29.2 Å². The largest absolute Gasteiger partial charge is 0.497 e. The standard InChI is InChI=1S/C15H11NO3/c1-3-11-10-14(19-2)8-9-15(11)12-4-6-13(7-5-12)16(17)18/h1,4-10H,2H3. The highest BCUT2D eigenvalue weighted by Gasteiger charge is 2.08. The number of hydrogen-bond acceptors (Lipinski definition) is 3. The molecule has 0 spiro atoms. The fraction of sp³-hybridized carbons (Fsp3) is 0.0667. The maximum Gasteiger partial charge on any atom is 0.269 e. The third-order valence-electron chi connectivity index (χ3n) is 2.77. The number of methoxy groups -OCH3 is 1. The zero-order valence-corrected chi connectivity index (χ0v) is 10.3. The summed E-state index contributed by atoms with van der Waals surface area (Å²) >= 11 is 0. The lowest BCUT2D eigenvalue weighted by atomic mass is 9.99. The summed E-state index contributed by atoms with van der Waals surface area (Å²) in [4.78, 5) is 10.2. The van der Waals surface area contributed by atoms with Crippen molar-refractivity contribution in [1.29, 1.82) is 0 Å². The Bertz CT molecular complexity index is 654. The minimum absolute atomic E-state index is 0.0551. The van der Waals surface area contributed by atoms with Crippen LogP contribution in [0.3, 0.4) is 0 Å². The monoisotopic (exact) mass is 253 g/mol. The summed E-state index contributed by atoms with van der Waals surface area (Å²) < 4.78 is 5.11. The summed E-state index contributed by atoms with van der Waals surface area (Å²) in [5.74, 6) is 3.27. The molecule has 0 N–H and O–H groups in total. The van der Waals surface area contributed by atoms with Crippen LogP contribution in [0.5, 0.6) is 5.75 Å². The van der Waals surface area contributed by atoms with E-state index in [0.29, 0.717) is 11.3 Å². The first kappa shape index (κ1) is 12.7. The van der Waals surface area contributed by atoms with E-state index in [0.717, 1.165) is 11.1 Å². The van der Waals surface area contributed by atoms with E-state index in [1.54, 1.807) is 31.4 Å². The van der Waals surface area contributed by atoms with Crippen molar-refractivity contribution in [2.45, 2.75) is 0 Å². The van der Waals surface area contributed by atoms with E-state index in [-0.39, 0.29) is 5.69 Å². The first-order valence-electron chi connectivity index (χ1n) is 5.55. The van der Waals surface area contributed by atoms with Crippen molar-refractivity contribution in [3.63, 3.8) is 0 Å². The van der Waals surface area contributed by atoms with Gasteiger partial charge in [-0.1, -0.05) is 5.92 Å². The van der Waals surface area contributed by atoms with Gasteiger partial charge in [0.1, 0.15) is 5.75 Å². The number of nitro groups is 1. The molecule has 94 valence electrons. The fourth-order valence-corrected chi connectivity index (χ4v) is 1.78. The fourth-order valence-electron chi connectivity index (χ4n) is 1.78. The molecular formula is C15H11NO3. The van der Waals surface area contributed by atoms with Crippen LogP contribution >= 0.6 is 0 Å². The second kappa shape index (κ2) is 5.23. The summed E-state index contributed by atoms with van der Waals surface area (Å²) in [5.41, 5.74) is 2.42. The lowest BCUT2D eigenvalue weighted by Crippen LogP contribution is -1.90. The smallest absolute Gasteiger partial charge is 0.269 e. The summed E-state index contributed by atoms with van der Waals surface area (Å²) in [5, 5.41) is 10.6. The summed E-state index contributed by atoms with van der Waals surface area (Å²) in [6, 6.07) is 11.7. The number of nitro benzene ring substituents is 1. The van der Waals surface area contributed by atoms with Gasteiger partial charge >= 0.3 is 0 Å². The van der Waals surface area contributed by atoms with Crippen molar-refractivity contribution in [2.24, 2.45) is 0 Å². The molecule has 0 saturated carbocycles. The average molecular weight is 253 g/mol. The van der Waals surface area contributed by atoms with Crippen molar-refractivity contribution in [1.82, 2.24) is 0 Å². The van der Waals surface area contributed by atoms with Crippen LogP contribution < -0.4 is 4.74 Å². The van der Waals surface area contributed by atoms with E-state index in [1.807, 2.05) is 6.07 Å². The lowest BCUT2D eigenvalue weighted by molar-refractivity contribution is -0.384. The molecule has 0 amide bonds. The predicted molar refractivity (Wildman–Crippen MR) is 73.0 cm³/mol. The number of ether oxygens (including phenoxy) is 1. The van der Waals surface area contributed by atoms with Crippen LogP contribution in [0.4, 0.5) is 5.69 Å². The number of hydrogen-bond donors (Lipinski definition) is 0. The van der Waals surface area contributed by atoms with Crippen LogP contribution in [-0.2, 0) is 0 Å². The molecule has 4 nitrogen and oxygen atoms in total. The molecule has 19 heavy (non-hydrogen) atoms. The van der Waals surface area contributed by atoms with Crippen LogP contribution in [0.2, 0.25) is 0 Å². The van der Waals surface area contributed by atoms with Gasteiger partial charge in [0.25, 0.3) is 5.69 Å². The van der Waals surface area contributed by atoms with E-state index in [9.17, 15) is 10.1 Å². The molecule has 0 aliphatic carbocycles. The van der Waals surface area contributed by atoms with Crippen LogP contribution in [-0.4, -0.2) is 12.0 Å². The van der Waals surface area contributed by atoms with Crippen molar-refractivity contribution in [2.75, 3.05) is 7.11 Å². The predicted octanol–water partition coefficient (Wildman–Crippen LogP) is 3.25. The highest BCUT2D eigenvalue weighted by molar-refractivity contribution is 5.72. The van der Waals surface area contributed by atoms with Crippen LogP contribution in [0.1, 0.15) is 5.56 Å². The Balaban J connectivity index is 2.47. The van der Waals surface area contributed by atoms with Gasteiger partial charge in [0.05, 0.1) is 12.0 Å². The van der Waals surface area contributed by atoms with Gasteiger partial charge in [-0.2, -0.15) is 0 Å². The molecule has 0 radical (unpaired) electrons. The van der Waals surface area contributed by atoms with Gasteiger partial charge in [-0.25, -0.2) is 0 Å². The average Bonchev–Trinajstić information content (AvgIpc) is 2.46. The highest BCUT2D eigenvalue weighted by atomic mass is 16.6. The molecule has 0 saturated heterocycles. The first-order valence-corrected chi connectivity index (χ1v) is 5.55. The maximum absolute atomic E-state index is 10.6. The number of non-ortho nitro benzene ring substituents is 1.